The largest absolute Gasteiger partial charge is 0.273 e. The molecule has 0 unspecified atom stereocenters. The number of nitrogens with one attached hydrogen (secondary N) is 1. The monoisotopic (exact) mass is 499 g/mol. The van der Waals surface area contributed by atoms with Crippen molar-refractivity contribution in [3.05, 3.63) is 106 Å². The van der Waals surface area contributed by atoms with Crippen LogP contribution in [-0.4, -0.2) is 28.1 Å². The number of sulfonamides is 1. The molecule has 0 spiro atoms. The lowest BCUT2D eigenvalue weighted by Crippen LogP contribution is -2.25. The van der Waals surface area contributed by atoms with Gasteiger partial charge in [0, 0.05) is 23.6 Å². The summed E-state index contributed by atoms with van der Waals surface area (Å²) < 4.78 is 42.5. The fourth-order valence-electron chi connectivity index (χ4n) is 3.07. The first-order valence-corrected chi connectivity index (χ1v) is 12.4. The Kier molecular flexibility index (Phi) is 7.01. The predicted octanol–water partition coefficient (Wildman–Crippen LogP) is 4.09. The average Bonchev–Trinajstić information content (AvgIpc) is 3.25. The second-order valence-corrected chi connectivity index (χ2v) is 9.77. The fourth-order valence-corrected chi connectivity index (χ4v) is 4.98. The van der Waals surface area contributed by atoms with Crippen LogP contribution in [0.1, 0.15) is 11.4 Å². The molecule has 174 valence electrons. The molecule has 4 rings (SSSR count). The number of rotatable bonds is 9. The number of thioether (sulfide) groups is 1. The van der Waals surface area contributed by atoms with Crippen LogP contribution in [-0.2, 0) is 22.3 Å². The van der Waals surface area contributed by atoms with E-state index >= 15 is 0 Å². The van der Waals surface area contributed by atoms with E-state index in [4.69, 9.17) is 0 Å². The highest BCUT2D eigenvalue weighted by Crippen LogP contribution is 2.26. The number of hydrogen-bond acceptors (Lipinski definition) is 7. The lowest BCUT2D eigenvalue weighted by Gasteiger charge is -2.11. The van der Waals surface area contributed by atoms with Gasteiger partial charge in [0.05, 0.1) is 16.4 Å². The molecule has 12 heteroatoms. The Morgan fingerprint density at radius 3 is 2.29 bits per heavy atom. The Balaban J connectivity index is 1.62. The first-order valence-electron chi connectivity index (χ1n) is 9.94. The number of nitrogens with zero attached hydrogens (tertiary/aromatic N) is 4. The van der Waals surface area contributed by atoms with Gasteiger partial charge >= 0.3 is 0 Å². The smallest absolute Gasteiger partial charge is 0.269 e. The molecule has 4 aromatic rings. The highest BCUT2D eigenvalue weighted by molar-refractivity contribution is 7.98. The summed E-state index contributed by atoms with van der Waals surface area (Å²) in [5.41, 5.74) is 1.53. The third kappa shape index (κ3) is 5.47. The summed E-state index contributed by atoms with van der Waals surface area (Å²) >= 11 is 1.39. The lowest BCUT2D eigenvalue weighted by atomic mass is 10.2. The first-order chi connectivity index (χ1) is 16.3. The molecule has 1 aromatic heterocycles. The third-order valence-corrected chi connectivity index (χ3v) is 7.19. The maximum atomic E-state index is 13.2. The normalized spacial score (nSPS) is 11.4. The lowest BCUT2D eigenvalue weighted by molar-refractivity contribution is -0.384. The average molecular weight is 500 g/mol. The molecule has 0 fully saturated rings. The molecule has 0 aliphatic carbocycles. The van der Waals surface area contributed by atoms with E-state index in [1.165, 1.54) is 36.0 Å². The zero-order valence-electron chi connectivity index (χ0n) is 17.5. The molecule has 0 saturated carbocycles. The van der Waals surface area contributed by atoms with Gasteiger partial charge in [-0.2, -0.15) is 0 Å². The number of halogens is 1. The summed E-state index contributed by atoms with van der Waals surface area (Å²) in [5, 5.41) is 19.9. The van der Waals surface area contributed by atoms with E-state index < -0.39 is 20.8 Å². The molecule has 0 amide bonds. The number of non-ortho nitro benzene ring substituents is 1. The standard InChI is InChI=1S/C22H18FN5O4S2/c23-17-6-12-20(13-7-17)34(31,32)24-14-21-25-26-22(33-15-16-4-2-1-3-5-16)27(21)18-8-10-19(11-9-18)28(29)30/h1-13,24H,14-15H2. The van der Waals surface area contributed by atoms with Gasteiger partial charge in [-0.1, -0.05) is 42.1 Å². The number of aromatic nitrogens is 3. The van der Waals surface area contributed by atoms with E-state index in [2.05, 4.69) is 14.9 Å². The van der Waals surface area contributed by atoms with Crippen LogP contribution in [0.3, 0.4) is 0 Å². The number of hydrogen-bond donors (Lipinski definition) is 1. The van der Waals surface area contributed by atoms with E-state index in [0.29, 0.717) is 16.6 Å². The van der Waals surface area contributed by atoms with Gasteiger partial charge in [0.1, 0.15) is 5.82 Å². The Morgan fingerprint density at radius 2 is 1.65 bits per heavy atom. The summed E-state index contributed by atoms with van der Waals surface area (Å²) in [4.78, 5) is 10.4. The minimum Gasteiger partial charge on any atom is -0.273 e. The van der Waals surface area contributed by atoms with Crippen LogP contribution in [0.5, 0.6) is 0 Å². The van der Waals surface area contributed by atoms with Gasteiger partial charge in [-0.05, 0) is 42.0 Å². The summed E-state index contributed by atoms with van der Waals surface area (Å²) in [6, 6.07) is 20.0. The molecule has 0 bridgehead atoms. The van der Waals surface area contributed by atoms with Gasteiger partial charge in [-0.25, -0.2) is 17.5 Å². The molecule has 9 nitrogen and oxygen atoms in total. The minimum absolute atomic E-state index is 0.0751. The Hall–Kier alpha value is -3.61. The third-order valence-electron chi connectivity index (χ3n) is 4.77. The topological polar surface area (TPSA) is 120 Å². The van der Waals surface area contributed by atoms with E-state index in [1.807, 2.05) is 30.3 Å². The molecule has 3 aromatic carbocycles. The van der Waals surface area contributed by atoms with Crippen molar-refractivity contribution in [1.29, 1.82) is 0 Å². The Morgan fingerprint density at radius 1 is 0.971 bits per heavy atom. The summed E-state index contributed by atoms with van der Waals surface area (Å²) in [5.74, 6) is 0.333. The zero-order chi connectivity index (χ0) is 24.1. The van der Waals surface area contributed by atoms with Crippen molar-refractivity contribution in [2.75, 3.05) is 0 Å². The molecule has 0 aliphatic rings. The van der Waals surface area contributed by atoms with E-state index in [9.17, 15) is 22.9 Å². The van der Waals surface area contributed by atoms with Crippen LogP contribution in [0, 0.1) is 15.9 Å². The summed E-state index contributed by atoms with van der Waals surface area (Å²) in [6.07, 6.45) is 0. The molecule has 1 N–H and O–H groups in total. The number of nitro groups is 1. The maximum Gasteiger partial charge on any atom is 0.269 e. The van der Waals surface area contributed by atoms with Gasteiger partial charge < -0.3 is 0 Å². The molecule has 34 heavy (non-hydrogen) atoms. The van der Waals surface area contributed by atoms with Gasteiger partial charge in [-0.3, -0.25) is 14.7 Å². The highest BCUT2D eigenvalue weighted by atomic mass is 32.2. The van der Waals surface area contributed by atoms with E-state index in [1.54, 1.807) is 16.7 Å². The number of benzene rings is 3. The van der Waals surface area contributed by atoms with Crippen LogP contribution < -0.4 is 4.72 Å². The van der Waals surface area contributed by atoms with E-state index in [-0.39, 0.29) is 23.0 Å². The van der Waals surface area contributed by atoms with Crippen LogP contribution in [0.2, 0.25) is 0 Å². The van der Waals surface area contributed by atoms with Crippen LogP contribution in [0.15, 0.2) is 88.9 Å². The van der Waals surface area contributed by atoms with Gasteiger partial charge in [0.25, 0.3) is 5.69 Å². The minimum atomic E-state index is -3.93. The van der Waals surface area contributed by atoms with Gasteiger partial charge in [0.2, 0.25) is 10.0 Å². The zero-order valence-corrected chi connectivity index (χ0v) is 19.2. The van der Waals surface area contributed by atoms with Crippen molar-refractivity contribution in [2.24, 2.45) is 0 Å². The second-order valence-electron chi connectivity index (χ2n) is 7.06. The van der Waals surface area contributed by atoms with Crippen molar-refractivity contribution >= 4 is 27.5 Å². The van der Waals surface area contributed by atoms with Crippen molar-refractivity contribution in [3.8, 4) is 5.69 Å². The fraction of sp³-hybridized carbons (Fsp3) is 0.0909. The Labute approximate surface area is 198 Å². The van der Waals surface area contributed by atoms with Gasteiger partial charge in [0.15, 0.2) is 11.0 Å². The molecule has 0 atom stereocenters. The molecule has 1 heterocycles. The molecule has 0 radical (unpaired) electrons. The van der Waals surface area contributed by atoms with Crippen molar-refractivity contribution in [1.82, 2.24) is 19.5 Å². The summed E-state index contributed by atoms with van der Waals surface area (Å²) in [6.45, 7) is -0.199. The molecular weight excluding hydrogens is 481 g/mol. The molecule has 0 saturated heterocycles. The SMILES string of the molecule is O=[N+]([O-])c1ccc(-n2c(CNS(=O)(=O)c3ccc(F)cc3)nnc2SCc2ccccc2)cc1. The quantitative estimate of drug-likeness (QED) is 0.209. The Bertz CT molecular complexity index is 1390. The first kappa shape index (κ1) is 23.5. The second kappa shape index (κ2) is 10.1. The van der Waals surface area contributed by atoms with Crippen LogP contribution >= 0.6 is 11.8 Å². The molecule has 0 aliphatic heterocycles. The van der Waals surface area contributed by atoms with E-state index in [0.717, 1.165) is 17.7 Å². The van der Waals surface area contributed by atoms with Crippen molar-refractivity contribution in [3.63, 3.8) is 0 Å². The van der Waals surface area contributed by atoms with Gasteiger partial charge in [-0.15, -0.1) is 10.2 Å². The van der Waals surface area contributed by atoms with Crippen molar-refractivity contribution < 1.29 is 17.7 Å². The highest BCUT2D eigenvalue weighted by Gasteiger charge is 2.19. The van der Waals surface area contributed by atoms with Crippen LogP contribution in [0.4, 0.5) is 10.1 Å². The summed E-state index contributed by atoms with van der Waals surface area (Å²) in [7, 11) is -3.93. The number of nitro benzene ring substituents is 1. The van der Waals surface area contributed by atoms with Crippen LogP contribution in [0.25, 0.3) is 5.69 Å². The molecular formula is C22H18FN5O4S2. The maximum absolute atomic E-state index is 13.2. The predicted molar refractivity (Wildman–Crippen MR) is 124 cm³/mol. The van der Waals surface area contributed by atoms with Crippen molar-refractivity contribution in [2.45, 2.75) is 22.3 Å².